The first-order valence-corrected chi connectivity index (χ1v) is 7.60. The molecule has 3 N–H and O–H groups in total. The fourth-order valence-corrected chi connectivity index (χ4v) is 2.41. The number of carbonyl (C=O) groups is 1. The lowest BCUT2D eigenvalue weighted by Crippen LogP contribution is -2.41. The minimum atomic E-state index is -2.86. The molecule has 1 aliphatic heterocycles. The maximum absolute atomic E-state index is 13.1. The van der Waals surface area contributed by atoms with Crippen molar-refractivity contribution in [3.05, 3.63) is 29.8 Å². The van der Waals surface area contributed by atoms with Gasteiger partial charge in [0.25, 0.3) is 5.92 Å². The molecule has 2 unspecified atom stereocenters. The van der Waals surface area contributed by atoms with E-state index in [2.05, 4.69) is 10.6 Å². The average Bonchev–Trinajstić information content (AvgIpc) is 2.84. The Kier molecular flexibility index (Phi) is 7.38. The highest BCUT2D eigenvalue weighted by atomic mass is 35.5. The van der Waals surface area contributed by atoms with Crippen molar-refractivity contribution in [2.75, 3.05) is 13.1 Å². The molecule has 0 radical (unpaired) electrons. The van der Waals surface area contributed by atoms with Crippen molar-refractivity contribution in [2.24, 2.45) is 0 Å². The van der Waals surface area contributed by atoms with Gasteiger partial charge in [0, 0.05) is 13.0 Å². The number of aliphatic hydroxyl groups excluding tert-OH is 1. The summed E-state index contributed by atoms with van der Waals surface area (Å²) in [6.07, 6.45) is -1.44. The Bertz CT molecular complexity index is 558. The molecule has 1 amide bonds. The lowest BCUT2D eigenvalue weighted by Gasteiger charge is -2.16. The van der Waals surface area contributed by atoms with Gasteiger partial charge in [-0.3, -0.25) is 10.1 Å². The van der Waals surface area contributed by atoms with Crippen molar-refractivity contribution in [3.8, 4) is 5.75 Å². The molecule has 1 heterocycles. The quantitative estimate of drug-likeness (QED) is 0.722. The van der Waals surface area contributed by atoms with E-state index in [1.54, 1.807) is 24.3 Å². The zero-order valence-corrected chi connectivity index (χ0v) is 14.4. The van der Waals surface area contributed by atoms with Crippen LogP contribution in [0.4, 0.5) is 8.78 Å². The molecule has 2 rings (SSSR count). The van der Waals surface area contributed by atoms with Crippen LogP contribution < -0.4 is 15.4 Å². The zero-order chi connectivity index (χ0) is 17.0. The van der Waals surface area contributed by atoms with Gasteiger partial charge < -0.3 is 15.2 Å². The Morgan fingerprint density at radius 2 is 2.21 bits per heavy atom. The van der Waals surface area contributed by atoms with E-state index in [4.69, 9.17) is 4.74 Å². The molecular formula is C16H23ClF2N2O3. The summed E-state index contributed by atoms with van der Waals surface area (Å²) in [5.74, 6) is -2.76. The van der Waals surface area contributed by atoms with E-state index in [1.165, 1.54) is 0 Å². The van der Waals surface area contributed by atoms with Gasteiger partial charge >= 0.3 is 0 Å². The Morgan fingerprint density at radius 3 is 2.79 bits per heavy atom. The fourth-order valence-electron chi connectivity index (χ4n) is 2.41. The van der Waals surface area contributed by atoms with Gasteiger partial charge in [-0.15, -0.1) is 12.4 Å². The number of ether oxygens (including phenoxy) is 1. The fraction of sp³-hybridized carbons (Fsp3) is 0.562. The Balaban J connectivity index is 0.00000288. The molecule has 2 atom stereocenters. The van der Waals surface area contributed by atoms with Crippen LogP contribution in [0.25, 0.3) is 0 Å². The van der Waals surface area contributed by atoms with E-state index in [9.17, 15) is 18.7 Å². The number of nitrogens with one attached hydrogen (secondary N) is 2. The molecule has 1 aromatic carbocycles. The number of amides is 1. The highest BCUT2D eigenvalue weighted by Crippen LogP contribution is 2.25. The van der Waals surface area contributed by atoms with Crippen molar-refractivity contribution >= 4 is 18.3 Å². The molecule has 1 saturated heterocycles. The van der Waals surface area contributed by atoms with Gasteiger partial charge in [-0.1, -0.05) is 12.1 Å². The van der Waals surface area contributed by atoms with Crippen LogP contribution in [-0.4, -0.2) is 42.2 Å². The molecule has 0 aliphatic carbocycles. The third kappa shape index (κ3) is 5.89. The van der Waals surface area contributed by atoms with E-state index < -0.39 is 36.9 Å². The molecule has 0 spiro atoms. The summed E-state index contributed by atoms with van der Waals surface area (Å²) in [5.41, 5.74) is 0.591. The predicted octanol–water partition coefficient (Wildman–Crippen LogP) is 2.04. The summed E-state index contributed by atoms with van der Waals surface area (Å²) >= 11 is 0. The van der Waals surface area contributed by atoms with E-state index >= 15 is 0 Å². The van der Waals surface area contributed by atoms with Crippen LogP contribution in [0.5, 0.6) is 5.75 Å². The maximum atomic E-state index is 13.1. The number of benzene rings is 1. The summed E-state index contributed by atoms with van der Waals surface area (Å²) in [5, 5.41) is 15.1. The number of halogens is 3. The second-order valence-electron chi connectivity index (χ2n) is 5.99. The van der Waals surface area contributed by atoms with E-state index in [0.717, 1.165) is 0 Å². The Morgan fingerprint density at radius 1 is 1.50 bits per heavy atom. The normalized spacial score (nSPS) is 20.3. The van der Waals surface area contributed by atoms with Crippen molar-refractivity contribution in [3.63, 3.8) is 0 Å². The minimum Gasteiger partial charge on any atom is -0.491 e. The molecule has 1 aromatic rings. The van der Waals surface area contributed by atoms with Crippen LogP contribution in [0.15, 0.2) is 24.3 Å². The third-order valence-electron chi connectivity index (χ3n) is 3.51. The van der Waals surface area contributed by atoms with Crippen molar-refractivity contribution in [2.45, 2.75) is 44.4 Å². The molecule has 0 bridgehead atoms. The lowest BCUT2D eigenvalue weighted by atomic mass is 10.1. The molecule has 0 saturated carbocycles. The number of hydrogen-bond acceptors (Lipinski definition) is 4. The van der Waals surface area contributed by atoms with Crippen LogP contribution in [0, 0.1) is 0 Å². The molecule has 5 nitrogen and oxygen atoms in total. The number of alkyl halides is 2. The molecule has 8 heteroatoms. The molecular weight excluding hydrogens is 342 g/mol. The van der Waals surface area contributed by atoms with Gasteiger partial charge in [0.15, 0.2) is 0 Å². The molecule has 0 aromatic heterocycles. The topological polar surface area (TPSA) is 70.6 Å². The highest BCUT2D eigenvalue weighted by Gasteiger charge is 2.42. The number of rotatable bonds is 6. The zero-order valence-electron chi connectivity index (χ0n) is 13.6. The first-order chi connectivity index (χ1) is 10.8. The molecule has 136 valence electrons. The highest BCUT2D eigenvalue weighted by molar-refractivity contribution is 5.85. The largest absolute Gasteiger partial charge is 0.491 e. The summed E-state index contributed by atoms with van der Waals surface area (Å²) in [6, 6.07) is 6.01. The Hall–Kier alpha value is -1.44. The Labute approximate surface area is 146 Å². The van der Waals surface area contributed by atoms with Gasteiger partial charge in [-0.2, -0.15) is 0 Å². The lowest BCUT2D eigenvalue weighted by molar-refractivity contribution is -0.123. The monoisotopic (exact) mass is 364 g/mol. The van der Waals surface area contributed by atoms with E-state index in [-0.39, 0.29) is 25.1 Å². The average molecular weight is 365 g/mol. The van der Waals surface area contributed by atoms with Crippen LogP contribution in [0.1, 0.15) is 31.9 Å². The summed E-state index contributed by atoms with van der Waals surface area (Å²) in [7, 11) is 0. The van der Waals surface area contributed by atoms with Crippen LogP contribution in [0.2, 0.25) is 0 Å². The maximum Gasteiger partial charge on any atom is 0.262 e. The number of aliphatic hydroxyl groups is 1. The van der Waals surface area contributed by atoms with Crippen LogP contribution in [-0.2, 0) is 4.79 Å². The van der Waals surface area contributed by atoms with Crippen LogP contribution in [0.3, 0.4) is 0 Å². The number of hydrogen-bond donors (Lipinski definition) is 3. The van der Waals surface area contributed by atoms with E-state index in [0.29, 0.717) is 11.3 Å². The van der Waals surface area contributed by atoms with Crippen molar-refractivity contribution in [1.29, 1.82) is 0 Å². The molecule has 1 fully saturated rings. The third-order valence-corrected chi connectivity index (χ3v) is 3.51. The number of carbonyl (C=O) groups excluding carboxylic acids is 1. The van der Waals surface area contributed by atoms with Crippen LogP contribution >= 0.6 is 12.4 Å². The van der Waals surface area contributed by atoms with Crippen molar-refractivity contribution < 1.29 is 23.4 Å². The van der Waals surface area contributed by atoms with Gasteiger partial charge in [-0.05, 0) is 31.5 Å². The first kappa shape index (κ1) is 20.6. The molecule has 24 heavy (non-hydrogen) atoms. The summed E-state index contributed by atoms with van der Waals surface area (Å²) < 4.78 is 31.7. The first-order valence-electron chi connectivity index (χ1n) is 7.60. The predicted molar refractivity (Wildman–Crippen MR) is 88.8 cm³/mol. The smallest absolute Gasteiger partial charge is 0.262 e. The van der Waals surface area contributed by atoms with Gasteiger partial charge in [0.1, 0.15) is 5.75 Å². The minimum absolute atomic E-state index is 0. The second-order valence-corrected chi connectivity index (χ2v) is 5.99. The van der Waals surface area contributed by atoms with Crippen molar-refractivity contribution in [1.82, 2.24) is 10.6 Å². The SMILES string of the molecule is CC(C)Oc1cccc(C(O)CNC(=O)C2CC(F)(F)CN2)c1.Cl. The van der Waals surface area contributed by atoms with Gasteiger partial charge in [0.05, 0.1) is 24.8 Å². The standard InChI is InChI=1S/C16H22F2N2O3.ClH/c1-10(2)23-12-5-3-4-11(6-12)14(21)8-19-15(22)13-7-16(17,18)9-20-13;/h3-6,10,13-14,20-21H,7-9H2,1-2H3,(H,19,22);1H. The van der Waals surface area contributed by atoms with E-state index in [1.807, 2.05) is 13.8 Å². The summed E-state index contributed by atoms with van der Waals surface area (Å²) in [4.78, 5) is 11.8. The second kappa shape index (κ2) is 8.60. The molecule has 1 aliphatic rings. The van der Waals surface area contributed by atoms with Gasteiger partial charge in [-0.25, -0.2) is 8.78 Å². The summed E-state index contributed by atoms with van der Waals surface area (Å²) in [6.45, 7) is 3.25. The van der Waals surface area contributed by atoms with Gasteiger partial charge in [0.2, 0.25) is 5.91 Å².